The molecule has 0 saturated carbocycles. The molecular weight excluding hydrogens is 915 g/mol. The summed E-state index contributed by atoms with van der Waals surface area (Å²) in [5, 5.41) is 10.4. The number of oxazole rings is 2. The van der Waals surface area contributed by atoms with E-state index in [1.54, 1.807) is 13.8 Å². The summed E-state index contributed by atoms with van der Waals surface area (Å²) in [4.78, 5) is 89.1. The molecule has 0 aliphatic rings. The summed E-state index contributed by atoms with van der Waals surface area (Å²) in [6.07, 6.45) is 6.83. The van der Waals surface area contributed by atoms with Crippen LogP contribution in [0.15, 0.2) is 101 Å². The average molecular weight is 966 g/mol. The minimum absolute atomic E-state index is 0.223. The molecule has 8 aromatic rings. The predicted molar refractivity (Wildman–Crippen MR) is 259 cm³/mol. The number of thiophene rings is 2. The van der Waals surface area contributed by atoms with Crippen LogP contribution in [0.4, 0.5) is 0 Å². The number of nitrogens with two attached hydrogens (primary N) is 1. The maximum Gasteiger partial charge on any atom is 0.333 e. The number of amides is 1. The van der Waals surface area contributed by atoms with Gasteiger partial charge in [-0.2, -0.15) is 0 Å². The highest BCUT2D eigenvalue weighted by Crippen LogP contribution is 2.37. The first-order valence-electron chi connectivity index (χ1n) is 21.7. The van der Waals surface area contributed by atoms with Crippen LogP contribution in [0.3, 0.4) is 0 Å². The number of carboxylic acid groups (broad SMARTS) is 1. The van der Waals surface area contributed by atoms with Crippen molar-refractivity contribution in [2.45, 2.75) is 92.4 Å². The molecule has 0 saturated heterocycles. The molecule has 1 amide bonds. The molecule has 6 heterocycles. The quantitative estimate of drug-likeness (QED) is 0.103. The third kappa shape index (κ3) is 8.83. The number of aliphatic carboxylic acids is 1. The van der Waals surface area contributed by atoms with E-state index in [2.05, 4.69) is 9.97 Å². The van der Waals surface area contributed by atoms with Gasteiger partial charge in [-0.15, -0.1) is 22.7 Å². The molecule has 0 bridgehead atoms. The predicted octanol–water partition coefficient (Wildman–Crippen LogP) is 6.70. The molecule has 0 spiro atoms. The molecule has 0 unspecified atom stereocenters. The molecule has 68 heavy (non-hydrogen) atoms. The Hall–Kier alpha value is -7.32. The van der Waals surface area contributed by atoms with Crippen LogP contribution in [0.25, 0.3) is 42.0 Å². The van der Waals surface area contributed by atoms with Crippen molar-refractivity contribution in [3.63, 3.8) is 0 Å². The zero-order chi connectivity index (χ0) is 49.2. The monoisotopic (exact) mass is 965 g/mol. The minimum Gasteiger partial charge on any atom is -0.494 e. The third-order valence-corrected chi connectivity index (χ3v) is 14.3. The molecular formula is C48H51N7O11S2. The van der Waals surface area contributed by atoms with Crippen molar-refractivity contribution in [2.75, 3.05) is 13.2 Å². The van der Waals surface area contributed by atoms with Crippen molar-refractivity contribution in [1.29, 1.82) is 0 Å². The lowest BCUT2D eigenvalue weighted by Gasteiger charge is -2.24. The first-order chi connectivity index (χ1) is 32.4. The molecule has 0 aliphatic heterocycles. The van der Waals surface area contributed by atoms with Crippen LogP contribution >= 0.6 is 22.7 Å². The Morgan fingerprint density at radius 1 is 0.676 bits per heavy atom. The van der Waals surface area contributed by atoms with Gasteiger partial charge in [-0.1, -0.05) is 36.4 Å². The number of fused-ring (bicyclic) bond motifs is 2. The largest absolute Gasteiger partial charge is 0.494 e. The van der Waals surface area contributed by atoms with E-state index in [4.69, 9.17) is 24.0 Å². The van der Waals surface area contributed by atoms with Crippen molar-refractivity contribution in [3.8, 4) is 33.0 Å². The van der Waals surface area contributed by atoms with Gasteiger partial charge in [0.25, 0.3) is 11.1 Å². The Morgan fingerprint density at radius 2 is 1.07 bits per heavy atom. The first kappa shape index (κ1) is 48.6. The number of carbonyl (C=O) groups excluding carboxylic acids is 1. The summed E-state index contributed by atoms with van der Waals surface area (Å²) in [6.45, 7) is 14.5. The molecule has 20 heteroatoms. The smallest absolute Gasteiger partial charge is 0.333 e. The molecule has 2 aromatic carbocycles. The van der Waals surface area contributed by atoms with E-state index in [1.165, 1.54) is 84.4 Å². The van der Waals surface area contributed by atoms with E-state index >= 15 is 0 Å². The normalized spacial score (nSPS) is 11.8. The van der Waals surface area contributed by atoms with E-state index in [-0.39, 0.29) is 18.5 Å². The molecule has 0 fully saturated rings. The molecule has 0 radical (unpaired) electrons. The fourth-order valence-electron chi connectivity index (χ4n) is 7.84. The van der Waals surface area contributed by atoms with Crippen molar-refractivity contribution >= 4 is 55.0 Å². The van der Waals surface area contributed by atoms with Crippen LogP contribution in [-0.4, -0.2) is 58.4 Å². The molecule has 0 atom stereocenters. The van der Waals surface area contributed by atoms with E-state index < -0.39 is 45.5 Å². The van der Waals surface area contributed by atoms with Crippen LogP contribution in [0.2, 0.25) is 0 Å². The summed E-state index contributed by atoms with van der Waals surface area (Å²) in [7, 11) is 0. The molecule has 6 aromatic heterocycles. The summed E-state index contributed by atoms with van der Waals surface area (Å²) in [5.41, 5.74) is 2.87. The van der Waals surface area contributed by atoms with Gasteiger partial charge in [0.15, 0.2) is 0 Å². The number of hydrogen-bond acceptors (Lipinski definition) is 14. The van der Waals surface area contributed by atoms with Crippen LogP contribution in [0, 0.1) is 13.8 Å². The lowest BCUT2D eigenvalue weighted by atomic mass is 10.0. The Labute approximate surface area is 396 Å². The van der Waals surface area contributed by atoms with E-state index in [1.807, 2.05) is 62.4 Å². The highest BCUT2D eigenvalue weighted by Gasteiger charge is 2.36. The van der Waals surface area contributed by atoms with E-state index in [0.717, 1.165) is 31.8 Å². The van der Waals surface area contributed by atoms with Crippen LogP contribution in [0.1, 0.15) is 63.8 Å². The van der Waals surface area contributed by atoms with Crippen LogP contribution in [0.5, 0.6) is 11.5 Å². The van der Waals surface area contributed by atoms with E-state index in [0.29, 0.717) is 73.8 Å². The summed E-state index contributed by atoms with van der Waals surface area (Å²) >= 11 is 2.49. The second-order valence-corrected chi connectivity index (χ2v) is 18.7. The SMILES string of the molecule is CCOc1ccccc1CCn1c(=O)n(C(C)(C)C(=O)O)c(=O)c2c(C)c(-c3ncco3)sc21.CCOc1ccccc1CCn1c(=O)n(C(C)(C)C(N)=O)c(=O)c2c(C)c(-c3ncco3)sc21. The van der Waals surface area contributed by atoms with Gasteiger partial charge in [0.05, 0.1) is 46.1 Å². The van der Waals surface area contributed by atoms with Gasteiger partial charge < -0.3 is 29.1 Å². The lowest BCUT2D eigenvalue weighted by molar-refractivity contribution is -0.146. The van der Waals surface area contributed by atoms with Gasteiger partial charge in [0.1, 0.15) is 44.8 Å². The van der Waals surface area contributed by atoms with Gasteiger partial charge >= 0.3 is 17.3 Å². The Bertz CT molecular complexity index is 3180. The molecule has 18 nitrogen and oxygen atoms in total. The topological polar surface area (TPSA) is 239 Å². The maximum atomic E-state index is 13.6. The van der Waals surface area contributed by atoms with Gasteiger partial charge in [0.2, 0.25) is 17.7 Å². The number of nitrogens with zero attached hydrogens (tertiary/aromatic N) is 6. The number of rotatable bonds is 16. The second-order valence-electron chi connectivity index (χ2n) is 16.7. The van der Waals surface area contributed by atoms with Crippen molar-refractivity contribution < 1.29 is 33.0 Å². The highest BCUT2D eigenvalue weighted by molar-refractivity contribution is 7.22. The Balaban J connectivity index is 0.000000201. The number of aryl methyl sites for hydroxylation is 6. The Morgan fingerprint density at radius 3 is 1.43 bits per heavy atom. The molecule has 356 valence electrons. The number of carboxylic acids is 1. The summed E-state index contributed by atoms with van der Waals surface area (Å²) < 4.78 is 27.1. The molecule has 0 aliphatic carbocycles. The number of hydrogen-bond donors (Lipinski definition) is 2. The number of ether oxygens (including phenoxy) is 2. The van der Waals surface area contributed by atoms with Crippen molar-refractivity contribution in [1.82, 2.24) is 28.2 Å². The zero-order valence-electron chi connectivity index (χ0n) is 38.8. The Kier molecular flexibility index (Phi) is 13.9. The third-order valence-electron chi connectivity index (χ3n) is 11.7. The first-order valence-corrected chi connectivity index (χ1v) is 23.3. The fraction of sp³-hybridized carbons (Fsp3) is 0.333. The van der Waals surface area contributed by atoms with E-state index in [9.17, 15) is 33.9 Å². The van der Waals surface area contributed by atoms with Gasteiger partial charge in [-0.3, -0.25) is 23.5 Å². The van der Waals surface area contributed by atoms with Crippen molar-refractivity contribution in [2.24, 2.45) is 5.73 Å². The number of aromatic nitrogens is 6. The van der Waals surface area contributed by atoms with Crippen LogP contribution < -0.4 is 37.7 Å². The fourth-order valence-corrected chi connectivity index (χ4v) is 10.4. The van der Waals surface area contributed by atoms with Crippen LogP contribution in [-0.2, 0) is 46.6 Å². The average Bonchev–Trinajstić information content (AvgIpc) is 4.13. The lowest BCUT2D eigenvalue weighted by Crippen LogP contribution is -2.54. The van der Waals surface area contributed by atoms with Gasteiger partial charge in [-0.05, 0) is 103 Å². The standard InChI is InChI=1S/C24H26N4O5S.C24H25N3O6S/c1-5-32-16-9-7-6-8-15(16)10-12-27-21-17(14(2)18(34-21)19-26-11-13-33-19)20(29)28(23(27)31)24(3,4)22(25)30;1-5-32-16-9-7-6-8-15(16)10-12-26-21-17(14(2)18(34-21)19-25-11-13-33-19)20(28)27(23(26)31)24(3,4)22(29)30/h6-9,11,13H,5,10,12H2,1-4H3,(H2,25,30);6-9,11,13H,5,10,12H2,1-4H3,(H,29,30). The summed E-state index contributed by atoms with van der Waals surface area (Å²) in [6, 6.07) is 15.2. The maximum absolute atomic E-state index is 13.6. The van der Waals surface area contributed by atoms with Gasteiger partial charge in [-0.25, -0.2) is 33.5 Å². The number of primary amides is 1. The molecule has 3 N–H and O–H groups in total. The van der Waals surface area contributed by atoms with Gasteiger partial charge in [0, 0.05) is 13.1 Å². The van der Waals surface area contributed by atoms with Crippen molar-refractivity contribution in [3.05, 3.63) is 137 Å². The number of benzene rings is 2. The zero-order valence-corrected chi connectivity index (χ0v) is 40.4. The number of para-hydroxylation sites is 2. The highest BCUT2D eigenvalue weighted by atomic mass is 32.1. The minimum atomic E-state index is -1.75. The summed E-state index contributed by atoms with van der Waals surface area (Å²) in [5.74, 6) is 0.0989. The second kappa shape index (κ2) is 19.5. The molecule has 8 rings (SSSR count). The number of carbonyl (C=O) groups is 2.